The zero-order valence-corrected chi connectivity index (χ0v) is 13.2. The third-order valence-corrected chi connectivity index (χ3v) is 3.63. The second kappa shape index (κ2) is 6.91. The Bertz CT molecular complexity index is 451. The number of benzene rings is 1. The van der Waals surface area contributed by atoms with E-state index < -0.39 is 5.54 Å². The number of hydrogen-bond acceptors (Lipinski definition) is 2. The predicted octanol–water partition coefficient (Wildman–Crippen LogP) is 3.43. The molecule has 0 radical (unpaired) electrons. The molecule has 5 heteroatoms. The van der Waals surface area contributed by atoms with Gasteiger partial charge in [-0.3, -0.25) is 0 Å². The third-order valence-electron chi connectivity index (χ3n) is 2.94. The van der Waals surface area contributed by atoms with Gasteiger partial charge in [-0.1, -0.05) is 19.4 Å². The SMILES string of the molecule is CCCC(C)(CO)NC(=O)Nc1cc(C)ccc1Br. The Morgan fingerprint density at radius 1 is 1.47 bits per heavy atom. The third kappa shape index (κ3) is 4.84. The van der Waals surface area contributed by atoms with Crippen LogP contribution in [0.15, 0.2) is 22.7 Å². The number of carbonyl (C=O) groups is 1. The average molecular weight is 329 g/mol. The van der Waals surface area contributed by atoms with Gasteiger partial charge >= 0.3 is 6.03 Å². The van der Waals surface area contributed by atoms with Gasteiger partial charge in [0.25, 0.3) is 0 Å². The Morgan fingerprint density at radius 3 is 2.74 bits per heavy atom. The smallest absolute Gasteiger partial charge is 0.319 e. The van der Waals surface area contributed by atoms with Crippen molar-refractivity contribution in [2.24, 2.45) is 0 Å². The average Bonchev–Trinajstić information content (AvgIpc) is 2.34. The Morgan fingerprint density at radius 2 is 2.16 bits per heavy atom. The van der Waals surface area contributed by atoms with Crippen molar-refractivity contribution in [1.29, 1.82) is 0 Å². The van der Waals surface area contributed by atoms with Crippen molar-refractivity contribution in [3.8, 4) is 0 Å². The summed E-state index contributed by atoms with van der Waals surface area (Å²) in [5.41, 5.74) is 1.20. The summed E-state index contributed by atoms with van der Waals surface area (Å²) < 4.78 is 0.828. The lowest BCUT2D eigenvalue weighted by molar-refractivity contribution is 0.167. The van der Waals surface area contributed by atoms with E-state index in [0.29, 0.717) is 5.69 Å². The summed E-state index contributed by atoms with van der Waals surface area (Å²) in [6.45, 7) is 5.74. The fourth-order valence-corrected chi connectivity index (χ4v) is 2.24. The summed E-state index contributed by atoms with van der Waals surface area (Å²) in [7, 11) is 0. The van der Waals surface area contributed by atoms with Crippen LogP contribution in [0.2, 0.25) is 0 Å². The maximum absolute atomic E-state index is 12.0. The van der Waals surface area contributed by atoms with Gasteiger partial charge in [-0.05, 0) is 53.9 Å². The number of carbonyl (C=O) groups excluding carboxylic acids is 1. The molecule has 19 heavy (non-hydrogen) atoms. The molecule has 1 rings (SSSR count). The predicted molar refractivity (Wildman–Crippen MR) is 81.4 cm³/mol. The molecule has 0 aliphatic rings. The number of rotatable bonds is 5. The molecule has 0 fully saturated rings. The topological polar surface area (TPSA) is 61.4 Å². The molecule has 0 aliphatic carbocycles. The van der Waals surface area contributed by atoms with Crippen LogP contribution in [0.3, 0.4) is 0 Å². The summed E-state index contributed by atoms with van der Waals surface area (Å²) in [5.74, 6) is 0. The fraction of sp³-hybridized carbons (Fsp3) is 0.500. The highest BCUT2D eigenvalue weighted by Gasteiger charge is 2.24. The minimum Gasteiger partial charge on any atom is -0.394 e. The van der Waals surface area contributed by atoms with Crippen molar-refractivity contribution in [1.82, 2.24) is 5.32 Å². The Balaban J connectivity index is 2.72. The molecular weight excluding hydrogens is 308 g/mol. The lowest BCUT2D eigenvalue weighted by Gasteiger charge is -2.28. The molecule has 0 saturated carbocycles. The van der Waals surface area contributed by atoms with Gasteiger partial charge in [-0.2, -0.15) is 0 Å². The maximum atomic E-state index is 12.0. The minimum absolute atomic E-state index is 0.0801. The monoisotopic (exact) mass is 328 g/mol. The number of anilines is 1. The first kappa shape index (κ1) is 16.0. The van der Waals surface area contributed by atoms with Crippen LogP contribution in [0.1, 0.15) is 32.3 Å². The zero-order valence-electron chi connectivity index (χ0n) is 11.6. The van der Waals surface area contributed by atoms with E-state index in [4.69, 9.17) is 0 Å². The summed E-state index contributed by atoms with van der Waals surface area (Å²) in [6.07, 6.45) is 1.62. The van der Waals surface area contributed by atoms with Crippen molar-refractivity contribution in [3.63, 3.8) is 0 Å². The van der Waals surface area contributed by atoms with Crippen LogP contribution in [-0.2, 0) is 0 Å². The lowest BCUT2D eigenvalue weighted by Crippen LogP contribution is -2.50. The van der Waals surface area contributed by atoms with Crippen molar-refractivity contribution >= 4 is 27.6 Å². The number of aliphatic hydroxyl groups is 1. The van der Waals surface area contributed by atoms with E-state index >= 15 is 0 Å². The van der Waals surface area contributed by atoms with Crippen LogP contribution >= 0.6 is 15.9 Å². The first-order chi connectivity index (χ1) is 8.90. The van der Waals surface area contributed by atoms with Gasteiger partial charge in [-0.15, -0.1) is 0 Å². The van der Waals surface area contributed by atoms with E-state index in [2.05, 4.69) is 26.6 Å². The molecule has 0 saturated heterocycles. The lowest BCUT2D eigenvalue weighted by atomic mass is 9.98. The minimum atomic E-state index is -0.588. The van der Waals surface area contributed by atoms with Gasteiger partial charge in [0.15, 0.2) is 0 Å². The second-order valence-electron chi connectivity index (χ2n) is 5.03. The van der Waals surface area contributed by atoms with E-state index in [9.17, 15) is 9.90 Å². The molecule has 0 heterocycles. The molecule has 0 aliphatic heterocycles. The fourth-order valence-electron chi connectivity index (χ4n) is 1.90. The molecular formula is C14H21BrN2O2. The number of nitrogens with one attached hydrogen (secondary N) is 2. The van der Waals surface area contributed by atoms with E-state index in [1.807, 2.05) is 39.0 Å². The van der Waals surface area contributed by atoms with Crippen LogP contribution in [0.4, 0.5) is 10.5 Å². The summed E-state index contributed by atoms with van der Waals surface area (Å²) in [5, 5.41) is 15.0. The number of hydrogen-bond donors (Lipinski definition) is 3. The Kier molecular flexibility index (Phi) is 5.82. The van der Waals surface area contributed by atoms with Crippen LogP contribution in [0, 0.1) is 6.92 Å². The first-order valence-electron chi connectivity index (χ1n) is 6.36. The van der Waals surface area contributed by atoms with Gasteiger partial charge < -0.3 is 15.7 Å². The van der Waals surface area contributed by atoms with E-state index in [1.54, 1.807) is 0 Å². The molecule has 0 aromatic heterocycles. The number of aryl methyl sites for hydroxylation is 1. The molecule has 0 bridgehead atoms. The molecule has 106 valence electrons. The van der Waals surface area contributed by atoms with E-state index in [0.717, 1.165) is 22.9 Å². The number of urea groups is 1. The van der Waals surface area contributed by atoms with Crippen molar-refractivity contribution in [2.45, 2.75) is 39.2 Å². The van der Waals surface area contributed by atoms with Crippen LogP contribution in [-0.4, -0.2) is 23.3 Å². The molecule has 1 aromatic rings. The van der Waals surface area contributed by atoms with E-state index in [-0.39, 0.29) is 12.6 Å². The van der Waals surface area contributed by atoms with Gasteiger partial charge in [0.1, 0.15) is 0 Å². The molecule has 1 atom stereocenters. The largest absolute Gasteiger partial charge is 0.394 e. The number of halogens is 1. The first-order valence-corrected chi connectivity index (χ1v) is 7.15. The van der Waals surface area contributed by atoms with Gasteiger partial charge in [0.05, 0.1) is 17.8 Å². The van der Waals surface area contributed by atoms with Gasteiger partial charge in [0.2, 0.25) is 0 Å². The van der Waals surface area contributed by atoms with Gasteiger partial charge in [-0.25, -0.2) is 4.79 Å². The molecule has 3 N–H and O–H groups in total. The Labute approximate surface area is 122 Å². The molecule has 1 aromatic carbocycles. The molecule has 4 nitrogen and oxygen atoms in total. The van der Waals surface area contributed by atoms with Gasteiger partial charge in [0, 0.05) is 4.47 Å². The van der Waals surface area contributed by atoms with Crippen LogP contribution < -0.4 is 10.6 Å². The standard InChI is InChI=1S/C14H21BrN2O2/c1-4-7-14(3,9-18)17-13(19)16-12-8-10(2)5-6-11(12)15/h5-6,8,18H,4,7,9H2,1-3H3,(H2,16,17,19). The van der Waals surface area contributed by atoms with Crippen LogP contribution in [0.5, 0.6) is 0 Å². The quantitative estimate of drug-likeness (QED) is 0.775. The molecule has 0 spiro atoms. The second-order valence-corrected chi connectivity index (χ2v) is 5.89. The summed E-state index contributed by atoms with van der Waals surface area (Å²) >= 11 is 3.39. The normalized spacial score (nSPS) is 13.7. The van der Waals surface area contributed by atoms with Crippen molar-refractivity contribution in [3.05, 3.63) is 28.2 Å². The highest BCUT2D eigenvalue weighted by molar-refractivity contribution is 9.10. The summed E-state index contributed by atoms with van der Waals surface area (Å²) in [4.78, 5) is 12.0. The number of aliphatic hydroxyl groups excluding tert-OH is 1. The number of amides is 2. The Hall–Kier alpha value is -1.07. The molecule has 1 unspecified atom stereocenters. The van der Waals surface area contributed by atoms with E-state index in [1.165, 1.54) is 0 Å². The zero-order chi connectivity index (χ0) is 14.5. The highest BCUT2D eigenvalue weighted by Crippen LogP contribution is 2.23. The highest BCUT2D eigenvalue weighted by atomic mass is 79.9. The molecule has 2 amide bonds. The van der Waals surface area contributed by atoms with Crippen LogP contribution in [0.25, 0.3) is 0 Å². The summed E-state index contributed by atoms with van der Waals surface area (Å²) in [6, 6.07) is 5.43. The van der Waals surface area contributed by atoms with Crippen molar-refractivity contribution in [2.75, 3.05) is 11.9 Å². The van der Waals surface area contributed by atoms with Crippen molar-refractivity contribution < 1.29 is 9.90 Å². The maximum Gasteiger partial charge on any atom is 0.319 e.